The van der Waals surface area contributed by atoms with Crippen LogP contribution in [0.4, 0.5) is 0 Å². The van der Waals surface area contributed by atoms with Gasteiger partial charge in [-0.3, -0.25) is 0 Å². The summed E-state index contributed by atoms with van der Waals surface area (Å²) in [5, 5.41) is 3.35. The highest BCUT2D eigenvalue weighted by Gasteiger charge is 2.34. The molecule has 1 aliphatic heterocycles. The molecule has 1 rings (SSSR count). The highest BCUT2D eigenvalue weighted by Crippen LogP contribution is 2.22. The summed E-state index contributed by atoms with van der Waals surface area (Å²) in [5.41, 5.74) is 0. The lowest BCUT2D eigenvalue weighted by molar-refractivity contribution is 0.137. The van der Waals surface area contributed by atoms with E-state index in [0.717, 1.165) is 25.9 Å². The summed E-state index contributed by atoms with van der Waals surface area (Å²) in [6, 6.07) is -0.135. The Hall–Kier alpha value is -0.210. The standard InChI is InChI=1S/C14H31N3O3S/c1-5-15-11-14-7-9-16(10-8-14)21(18,19)17(6-2)13(3)12-20-4/h13-15H,5-12H2,1-4H3. The van der Waals surface area contributed by atoms with Crippen LogP contribution in [0, 0.1) is 5.92 Å². The minimum atomic E-state index is -3.37. The van der Waals surface area contributed by atoms with Crippen molar-refractivity contribution in [1.82, 2.24) is 13.9 Å². The van der Waals surface area contributed by atoms with E-state index in [0.29, 0.717) is 32.2 Å². The Bertz CT molecular complexity index is 381. The maximum atomic E-state index is 12.7. The highest BCUT2D eigenvalue weighted by molar-refractivity contribution is 7.86. The van der Waals surface area contributed by atoms with Crippen molar-refractivity contribution < 1.29 is 13.2 Å². The third-order valence-electron chi connectivity index (χ3n) is 4.09. The van der Waals surface area contributed by atoms with E-state index in [1.807, 2.05) is 13.8 Å². The summed E-state index contributed by atoms with van der Waals surface area (Å²) >= 11 is 0. The Morgan fingerprint density at radius 1 is 1.33 bits per heavy atom. The molecular weight excluding hydrogens is 290 g/mol. The Balaban J connectivity index is 2.62. The number of ether oxygens (including phenoxy) is 1. The zero-order valence-corrected chi connectivity index (χ0v) is 14.7. The van der Waals surface area contributed by atoms with Gasteiger partial charge >= 0.3 is 0 Å². The van der Waals surface area contributed by atoms with E-state index in [9.17, 15) is 8.42 Å². The number of methoxy groups -OCH3 is 1. The number of likely N-dealkylation sites (N-methyl/N-ethyl adjacent to an activating group) is 1. The average molecular weight is 321 g/mol. The number of nitrogens with one attached hydrogen (secondary N) is 1. The first-order chi connectivity index (χ1) is 9.97. The molecule has 21 heavy (non-hydrogen) atoms. The van der Waals surface area contributed by atoms with Crippen LogP contribution in [0.3, 0.4) is 0 Å². The van der Waals surface area contributed by atoms with Gasteiger partial charge in [0.1, 0.15) is 0 Å². The van der Waals surface area contributed by atoms with E-state index in [1.54, 1.807) is 15.7 Å². The van der Waals surface area contributed by atoms with E-state index in [-0.39, 0.29) is 6.04 Å². The monoisotopic (exact) mass is 321 g/mol. The minimum Gasteiger partial charge on any atom is -0.383 e. The molecule has 1 saturated heterocycles. The van der Waals surface area contributed by atoms with E-state index < -0.39 is 10.2 Å². The van der Waals surface area contributed by atoms with E-state index in [2.05, 4.69) is 12.2 Å². The van der Waals surface area contributed by atoms with Crippen molar-refractivity contribution in [3.05, 3.63) is 0 Å². The largest absolute Gasteiger partial charge is 0.383 e. The molecule has 6 nitrogen and oxygen atoms in total. The lowest BCUT2D eigenvalue weighted by atomic mass is 9.98. The first kappa shape index (κ1) is 18.8. The fraction of sp³-hybridized carbons (Fsp3) is 1.00. The van der Waals surface area contributed by atoms with Gasteiger partial charge in [0.15, 0.2) is 0 Å². The fourth-order valence-electron chi connectivity index (χ4n) is 2.87. The van der Waals surface area contributed by atoms with Crippen molar-refractivity contribution in [1.29, 1.82) is 0 Å². The normalized spacial score (nSPS) is 20.0. The van der Waals surface area contributed by atoms with Gasteiger partial charge in [-0.2, -0.15) is 17.0 Å². The van der Waals surface area contributed by atoms with Crippen LogP contribution >= 0.6 is 0 Å². The third-order valence-corrected chi connectivity index (χ3v) is 6.32. The summed E-state index contributed by atoms with van der Waals surface area (Å²) in [4.78, 5) is 0. The van der Waals surface area contributed by atoms with Crippen LogP contribution in [0.1, 0.15) is 33.6 Å². The van der Waals surface area contributed by atoms with Gasteiger partial charge in [-0.1, -0.05) is 13.8 Å². The number of hydrogen-bond donors (Lipinski definition) is 1. The van der Waals surface area contributed by atoms with Gasteiger partial charge in [-0.05, 0) is 38.8 Å². The molecule has 0 aliphatic carbocycles. The molecule has 7 heteroatoms. The SMILES string of the molecule is CCNCC1CCN(S(=O)(=O)N(CC)C(C)COC)CC1. The van der Waals surface area contributed by atoms with Gasteiger partial charge in [-0.15, -0.1) is 0 Å². The first-order valence-electron chi connectivity index (χ1n) is 7.93. The van der Waals surface area contributed by atoms with E-state index >= 15 is 0 Å². The Morgan fingerprint density at radius 3 is 2.43 bits per heavy atom. The molecule has 1 heterocycles. The summed E-state index contributed by atoms with van der Waals surface area (Å²) in [6.07, 6.45) is 1.87. The van der Waals surface area contributed by atoms with Crippen LogP contribution < -0.4 is 5.32 Å². The minimum absolute atomic E-state index is 0.135. The number of hydrogen-bond acceptors (Lipinski definition) is 4. The maximum Gasteiger partial charge on any atom is 0.282 e. The highest BCUT2D eigenvalue weighted by atomic mass is 32.2. The molecule has 126 valence electrons. The Kier molecular flexibility index (Phi) is 8.12. The molecule has 0 aromatic heterocycles. The predicted molar refractivity (Wildman–Crippen MR) is 85.5 cm³/mol. The second kappa shape index (κ2) is 9.05. The van der Waals surface area contributed by atoms with Gasteiger partial charge in [0.05, 0.1) is 6.61 Å². The van der Waals surface area contributed by atoms with Crippen LogP contribution in [0.25, 0.3) is 0 Å². The third kappa shape index (κ3) is 5.17. The van der Waals surface area contributed by atoms with Gasteiger partial charge in [0, 0.05) is 32.8 Å². The van der Waals surface area contributed by atoms with Crippen molar-refractivity contribution >= 4 is 10.2 Å². The topological polar surface area (TPSA) is 61.9 Å². The summed E-state index contributed by atoms with van der Waals surface area (Å²) in [6.45, 7) is 9.95. The van der Waals surface area contributed by atoms with Crippen molar-refractivity contribution in [3.8, 4) is 0 Å². The molecule has 1 N–H and O–H groups in total. The fourth-order valence-corrected chi connectivity index (χ4v) is 4.68. The summed E-state index contributed by atoms with van der Waals surface area (Å²) < 4.78 is 33.7. The molecule has 0 saturated carbocycles. The summed E-state index contributed by atoms with van der Waals surface area (Å²) in [5.74, 6) is 0.586. The molecule has 0 aromatic carbocycles. The molecule has 1 aliphatic rings. The summed E-state index contributed by atoms with van der Waals surface area (Å²) in [7, 11) is -1.77. The first-order valence-corrected chi connectivity index (χ1v) is 9.33. The molecule has 0 aromatic rings. The zero-order valence-electron chi connectivity index (χ0n) is 13.8. The average Bonchev–Trinajstić information content (AvgIpc) is 2.46. The zero-order chi connectivity index (χ0) is 15.9. The van der Waals surface area contributed by atoms with Crippen LogP contribution in [-0.2, 0) is 14.9 Å². The smallest absolute Gasteiger partial charge is 0.282 e. The molecule has 1 unspecified atom stereocenters. The maximum absolute atomic E-state index is 12.7. The molecule has 0 amide bonds. The molecule has 1 fully saturated rings. The molecule has 0 spiro atoms. The molecule has 0 bridgehead atoms. The Labute approximate surface area is 130 Å². The lowest BCUT2D eigenvalue weighted by Crippen LogP contribution is -2.51. The van der Waals surface area contributed by atoms with Crippen LogP contribution in [0.15, 0.2) is 0 Å². The van der Waals surface area contributed by atoms with Crippen molar-refractivity contribution in [3.63, 3.8) is 0 Å². The van der Waals surface area contributed by atoms with Gasteiger partial charge in [0.2, 0.25) is 0 Å². The second-order valence-corrected chi connectivity index (χ2v) is 7.55. The quantitative estimate of drug-likeness (QED) is 0.686. The van der Waals surface area contributed by atoms with Gasteiger partial charge in [-0.25, -0.2) is 0 Å². The second-order valence-electron chi connectivity index (χ2n) is 5.67. The number of rotatable bonds is 9. The van der Waals surface area contributed by atoms with Crippen LogP contribution in [0.5, 0.6) is 0 Å². The lowest BCUT2D eigenvalue weighted by Gasteiger charge is -2.36. The predicted octanol–water partition coefficient (Wildman–Crippen LogP) is 0.910. The van der Waals surface area contributed by atoms with Crippen LogP contribution in [-0.4, -0.2) is 69.5 Å². The van der Waals surface area contributed by atoms with Crippen molar-refractivity contribution in [2.45, 2.75) is 39.7 Å². The molecular formula is C14H31N3O3S. The Morgan fingerprint density at radius 2 is 1.95 bits per heavy atom. The van der Waals surface area contributed by atoms with Crippen molar-refractivity contribution in [2.75, 3.05) is 46.4 Å². The molecule has 0 radical (unpaired) electrons. The van der Waals surface area contributed by atoms with Gasteiger partial charge in [0.25, 0.3) is 10.2 Å². The molecule has 1 atom stereocenters. The van der Waals surface area contributed by atoms with Crippen LogP contribution in [0.2, 0.25) is 0 Å². The number of piperidine rings is 1. The van der Waals surface area contributed by atoms with Gasteiger partial charge < -0.3 is 10.1 Å². The van der Waals surface area contributed by atoms with E-state index in [4.69, 9.17) is 4.74 Å². The van der Waals surface area contributed by atoms with E-state index in [1.165, 1.54) is 0 Å². The number of nitrogens with zero attached hydrogens (tertiary/aromatic N) is 2. The van der Waals surface area contributed by atoms with Crippen molar-refractivity contribution in [2.24, 2.45) is 5.92 Å².